The van der Waals surface area contributed by atoms with E-state index < -0.39 is 0 Å². The number of fused-ring (bicyclic) bond motifs is 1. The van der Waals surface area contributed by atoms with E-state index in [4.69, 9.17) is 9.84 Å². The van der Waals surface area contributed by atoms with Crippen LogP contribution in [0.3, 0.4) is 0 Å². The average molecular weight is 452 g/mol. The second kappa shape index (κ2) is 13.9. The highest BCUT2D eigenvalue weighted by molar-refractivity contribution is 5.78. The van der Waals surface area contributed by atoms with E-state index in [1.54, 1.807) is 10.9 Å². The molecule has 33 heavy (non-hydrogen) atoms. The molecule has 5 nitrogen and oxygen atoms in total. The number of aromatic nitrogens is 3. The molecule has 1 heterocycles. The Hall–Kier alpha value is -2.56. The predicted octanol–water partition coefficient (Wildman–Crippen LogP) is 7.77. The molecular formula is C28H41N3O2. The molecule has 2 aromatic carbocycles. The Morgan fingerprint density at radius 1 is 0.788 bits per heavy atom. The first-order valence-electron chi connectivity index (χ1n) is 13.0. The SMILES string of the molecule is CCCCCCCCOc1ccc(-n2nc3cccc(CCCCCCCC)c3n2)c(O)c1. The summed E-state index contributed by atoms with van der Waals surface area (Å²) in [4.78, 5) is 1.54. The van der Waals surface area contributed by atoms with Crippen LogP contribution in [-0.4, -0.2) is 26.7 Å². The van der Waals surface area contributed by atoms with E-state index in [-0.39, 0.29) is 5.75 Å². The van der Waals surface area contributed by atoms with Gasteiger partial charge in [0.25, 0.3) is 0 Å². The van der Waals surface area contributed by atoms with E-state index >= 15 is 0 Å². The molecule has 0 saturated heterocycles. The summed E-state index contributed by atoms with van der Waals surface area (Å²) in [5.41, 5.74) is 3.59. The summed E-state index contributed by atoms with van der Waals surface area (Å²) < 4.78 is 5.83. The number of hydrogen-bond donors (Lipinski definition) is 1. The number of phenolic OH excluding ortho intramolecular Hbond substituents is 1. The van der Waals surface area contributed by atoms with Crippen molar-refractivity contribution in [1.29, 1.82) is 0 Å². The minimum atomic E-state index is 0.133. The zero-order chi connectivity index (χ0) is 23.3. The van der Waals surface area contributed by atoms with Gasteiger partial charge in [0, 0.05) is 6.07 Å². The summed E-state index contributed by atoms with van der Waals surface area (Å²) in [6, 6.07) is 11.6. The maximum absolute atomic E-state index is 10.6. The van der Waals surface area contributed by atoms with Gasteiger partial charge in [-0.1, -0.05) is 90.2 Å². The van der Waals surface area contributed by atoms with E-state index in [2.05, 4.69) is 25.0 Å². The Balaban J connectivity index is 1.57. The number of aryl methyl sites for hydroxylation is 1. The molecular weight excluding hydrogens is 410 g/mol. The second-order valence-corrected chi connectivity index (χ2v) is 9.06. The molecule has 0 unspecified atom stereocenters. The van der Waals surface area contributed by atoms with Gasteiger partial charge in [-0.25, -0.2) is 0 Å². The lowest BCUT2D eigenvalue weighted by Crippen LogP contribution is -2.01. The van der Waals surface area contributed by atoms with Gasteiger partial charge >= 0.3 is 0 Å². The summed E-state index contributed by atoms with van der Waals surface area (Å²) in [6.07, 6.45) is 16.1. The molecule has 3 aromatic rings. The summed E-state index contributed by atoms with van der Waals surface area (Å²) in [5.74, 6) is 0.818. The zero-order valence-corrected chi connectivity index (χ0v) is 20.6. The third-order valence-electron chi connectivity index (χ3n) is 6.22. The van der Waals surface area contributed by atoms with E-state index in [0.717, 1.165) is 23.9 Å². The van der Waals surface area contributed by atoms with Gasteiger partial charge < -0.3 is 9.84 Å². The first-order chi connectivity index (χ1) is 16.2. The van der Waals surface area contributed by atoms with Gasteiger partial charge in [0.2, 0.25) is 0 Å². The number of nitrogens with zero attached hydrogens (tertiary/aromatic N) is 3. The van der Waals surface area contributed by atoms with Crippen molar-refractivity contribution < 1.29 is 9.84 Å². The van der Waals surface area contributed by atoms with Crippen LogP contribution >= 0.6 is 0 Å². The summed E-state index contributed by atoms with van der Waals surface area (Å²) in [6.45, 7) is 5.16. The van der Waals surface area contributed by atoms with Crippen LogP contribution in [0.4, 0.5) is 0 Å². The Bertz CT molecular complexity index is 967. The highest BCUT2D eigenvalue weighted by atomic mass is 16.5. The predicted molar refractivity (Wildman–Crippen MR) is 136 cm³/mol. The summed E-state index contributed by atoms with van der Waals surface area (Å²) in [5, 5.41) is 19.9. The van der Waals surface area contributed by atoms with Gasteiger partial charge in [0.15, 0.2) is 0 Å². The van der Waals surface area contributed by atoms with Crippen molar-refractivity contribution in [3.8, 4) is 17.2 Å². The number of unbranched alkanes of at least 4 members (excludes halogenated alkanes) is 10. The van der Waals surface area contributed by atoms with Crippen molar-refractivity contribution in [3.05, 3.63) is 42.0 Å². The Labute approximate surface area is 199 Å². The van der Waals surface area contributed by atoms with Crippen molar-refractivity contribution >= 4 is 11.0 Å². The van der Waals surface area contributed by atoms with Crippen LogP contribution in [0.5, 0.6) is 11.5 Å². The molecule has 0 aliphatic carbocycles. The molecule has 1 aromatic heterocycles. The molecule has 0 spiro atoms. The number of phenols is 1. The third-order valence-corrected chi connectivity index (χ3v) is 6.22. The van der Waals surface area contributed by atoms with Crippen molar-refractivity contribution in [2.45, 2.75) is 97.3 Å². The topological polar surface area (TPSA) is 60.2 Å². The average Bonchev–Trinajstić information content (AvgIpc) is 3.25. The van der Waals surface area contributed by atoms with Gasteiger partial charge in [-0.3, -0.25) is 0 Å². The van der Waals surface area contributed by atoms with Crippen molar-refractivity contribution in [2.24, 2.45) is 0 Å². The van der Waals surface area contributed by atoms with Crippen LogP contribution in [0.25, 0.3) is 16.7 Å². The van der Waals surface area contributed by atoms with Crippen LogP contribution in [0.15, 0.2) is 36.4 Å². The molecule has 0 atom stereocenters. The summed E-state index contributed by atoms with van der Waals surface area (Å²) >= 11 is 0. The fourth-order valence-electron chi connectivity index (χ4n) is 4.23. The van der Waals surface area contributed by atoms with Crippen molar-refractivity contribution in [2.75, 3.05) is 6.61 Å². The lowest BCUT2D eigenvalue weighted by atomic mass is 10.0. The number of benzene rings is 2. The van der Waals surface area contributed by atoms with Gasteiger partial charge in [0.05, 0.1) is 6.61 Å². The first kappa shape index (κ1) is 25.1. The van der Waals surface area contributed by atoms with Crippen molar-refractivity contribution in [3.63, 3.8) is 0 Å². The molecule has 1 N–H and O–H groups in total. The third kappa shape index (κ3) is 7.76. The van der Waals surface area contributed by atoms with Crippen molar-refractivity contribution in [1.82, 2.24) is 15.0 Å². The van der Waals surface area contributed by atoms with Crippen LogP contribution in [-0.2, 0) is 6.42 Å². The molecule has 0 radical (unpaired) electrons. The van der Waals surface area contributed by atoms with Gasteiger partial charge in [0.1, 0.15) is 28.2 Å². The van der Waals surface area contributed by atoms with Gasteiger partial charge in [-0.05, 0) is 43.0 Å². The molecule has 0 amide bonds. The summed E-state index contributed by atoms with van der Waals surface area (Å²) in [7, 11) is 0. The minimum absolute atomic E-state index is 0.133. The Morgan fingerprint density at radius 2 is 1.48 bits per heavy atom. The molecule has 0 saturated carbocycles. The lowest BCUT2D eigenvalue weighted by molar-refractivity contribution is 0.302. The molecule has 0 aliphatic rings. The van der Waals surface area contributed by atoms with E-state index in [9.17, 15) is 5.11 Å². The van der Waals surface area contributed by atoms with Crippen LogP contribution in [0.1, 0.15) is 96.5 Å². The normalized spacial score (nSPS) is 11.3. The molecule has 3 rings (SSSR count). The van der Waals surface area contributed by atoms with Gasteiger partial charge in [-0.15, -0.1) is 15.0 Å². The Kier molecular flexibility index (Phi) is 10.5. The smallest absolute Gasteiger partial charge is 0.146 e. The van der Waals surface area contributed by atoms with E-state index in [1.807, 2.05) is 24.3 Å². The quantitative estimate of drug-likeness (QED) is 0.226. The largest absolute Gasteiger partial charge is 0.505 e. The maximum Gasteiger partial charge on any atom is 0.146 e. The van der Waals surface area contributed by atoms with Crippen LogP contribution in [0.2, 0.25) is 0 Å². The Morgan fingerprint density at radius 3 is 2.21 bits per heavy atom. The minimum Gasteiger partial charge on any atom is -0.505 e. The van der Waals surface area contributed by atoms with E-state index in [0.29, 0.717) is 18.0 Å². The number of hydrogen-bond acceptors (Lipinski definition) is 4. The molecule has 0 aliphatic heterocycles. The molecule has 0 fully saturated rings. The van der Waals surface area contributed by atoms with Gasteiger partial charge in [-0.2, -0.15) is 0 Å². The van der Waals surface area contributed by atoms with Crippen LogP contribution < -0.4 is 4.74 Å². The first-order valence-corrected chi connectivity index (χ1v) is 13.0. The second-order valence-electron chi connectivity index (χ2n) is 9.06. The number of ether oxygens (including phenoxy) is 1. The number of rotatable bonds is 16. The number of aromatic hydroxyl groups is 1. The molecule has 0 bridgehead atoms. The standard InChI is InChI=1S/C28H41N3O2/c1-3-5-7-9-11-13-16-23-17-15-18-25-28(23)30-31(29-25)26-20-19-24(22-27(26)32)33-21-14-12-10-8-6-4-2/h15,17-20,22,32H,3-14,16,21H2,1-2H3. The molecule has 180 valence electrons. The highest BCUT2D eigenvalue weighted by Crippen LogP contribution is 2.28. The van der Waals surface area contributed by atoms with E-state index in [1.165, 1.54) is 76.2 Å². The van der Waals surface area contributed by atoms with Crippen LogP contribution in [0, 0.1) is 0 Å². The highest BCUT2D eigenvalue weighted by Gasteiger charge is 2.12. The lowest BCUT2D eigenvalue weighted by Gasteiger charge is -2.09. The maximum atomic E-state index is 10.6. The fraction of sp³-hybridized carbons (Fsp3) is 0.571. The monoisotopic (exact) mass is 451 g/mol. The molecule has 5 heteroatoms. The fourth-order valence-corrected chi connectivity index (χ4v) is 4.23. The zero-order valence-electron chi connectivity index (χ0n) is 20.6.